The van der Waals surface area contributed by atoms with Crippen LogP contribution in [0.2, 0.25) is 0 Å². The minimum atomic E-state index is -0.00516. The van der Waals surface area contributed by atoms with Crippen LogP contribution in [0.15, 0.2) is 22.4 Å². The molecular weight excluding hydrogens is 286 g/mol. The van der Waals surface area contributed by atoms with Gasteiger partial charge in [0.1, 0.15) is 4.83 Å². The highest BCUT2D eigenvalue weighted by Crippen LogP contribution is 2.16. The normalized spacial score (nSPS) is 11.1. The molecule has 0 aliphatic heterocycles. The number of rotatable bonds is 5. The SMILES string of the molecule is Cc1[nH]ncc1CCCNc1nc2sccc2c(=O)n1C. The minimum absolute atomic E-state index is 0.00516. The summed E-state index contributed by atoms with van der Waals surface area (Å²) in [6.07, 6.45) is 3.77. The Hall–Kier alpha value is -2.15. The summed E-state index contributed by atoms with van der Waals surface area (Å²) in [5, 5.41) is 12.8. The van der Waals surface area contributed by atoms with Crippen molar-refractivity contribution in [3.05, 3.63) is 39.3 Å². The summed E-state index contributed by atoms with van der Waals surface area (Å²) in [5.74, 6) is 0.624. The van der Waals surface area contributed by atoms with Gasteiger partial charge in [0.15, 0.2) is 0 Å². The number of aryl methyl sites for hydroxylation is 2. The standard InChI is InChI=1S/C14H17N5OS/c1-9-10(8-16-18-9)4-3-6-15-14-17-12-11(5-7-21-12)13(20)19(14)2/h5,7-8H,3-4,6H2,1-2H3,(H,15,17)(H,16,18). The van der Waals surface area contributed by atoms with E-state index in [0.29, 0.717) is 11.3 Å². The molecule has 6 nitrogen and oxygen atoms in total. The summed E-state index contributed by atoms with van der Waals surface area (Å²) in [6.45, 7) is 2.79. The molecule has 110 valence electrons. The van der Waals surface area contributed by atoms with Crippen LogP contribution in [-0.4, -0.2) is 26.3 Å². The van der Waals surface area contributed by atoms with Crippen molar-refractivity contribution in [2.75, 3.05) is 11.9 Å². The van der Waals surface area contributed by atoms with Crippen LogP contribution in [-0.2, 0) is 13.5 Å². The van der Waals surface area contributed by atoms with Gasteiger partial charge in [0.25, 0.3) is 5.56 Å². The Morgan fingerprint density at radius 1 is 1.48 bits per heavy atom. The quantitative estimate of drug-likeness (QED) is 0.708. The maximum Gasteiger partial charge on any atom is 0.263 e. The van der Waals surface area contributed by atoms with Crippen LogP contribution in [0, 0.1) is 6.92 Å². The number of fused-ring (bicyclic) bond motifs is 1. The van der Waals surface area contributed by atoms with Crippen LogP contribution < -0.4 is 10.9 Å². The van der Waals surface area contributed by atoms with E-state index >= 15 is 0 Å². The largest absolute Gasteiger partial charge is 0.356 e. The van der Waals surface area contributed by atoms with Crippen molar-refractivity contribution >= 4 is 27.5 Å². The fourth-order valence-corrected chi connectivity index (χ4v) is 3.02. The average Bonchev–Trinajstić information content (AvgIpc) is 3.09. The van der Waals surface area contributed by atoms with Gasteiger partial charge in [0, 0.05) is 19.3 Å². The fraction of sp³-hybridized carbons (Fsp3) is 0.357. The number of H-pyrrole nitrogens is 1. The smallest absolute Gasteiger partial charge is 0.263 e. The number of hydrogen-bond donors (Lipinski definition) is 2. The first-order valence-corrected chi connectivity index (χ1v) is 7.71. The van der Waals surface area contributed by atoms with Gasteiger partial charge in [-0.2, -0.15) is 5.10 Å². The van der Waals surface area contributed by atoms with Gasteiger partial charge in [-0.15, -0.1) is 11.3 Å². The Labute approximate surface area is 125 Å². The number of nitrogens with zero attached hydrogens (tertiary/aromatic N) is 3. The molecule has 3 aromatic rings. The summed E-state index contributed by atoms with van der Waals surface area (Å²) in [7, 11) is 1.75. The molecule has 7 heteroatoms. The highest BCUT2D eigenvalue weighted by molar-refractivity contribution is 7.16. The van der Waals surface area contributed by atoms with Gasteiger partial charge in [0.2, 0.25) is 5.95 Å². The molecule has 3 rings (SSSR count). The molecule has 0 spiro atoms. The molecule has 0 aromatic carbocycles. The number of thiophene rings is 1. The Bertz CT molecular complexity index is 816. The Balaban J connectivity index is 1.67. The highest BCUT2D eigenvalue weighted by atomic mass is 32.1. The van der Waals surface area contributed by atoms with Crippen molar-refractivity contribution in [2.45, 2.75) is 19.8 Å². The third-order valence-corrected chi connectivity index (χ3v) is 4.35. The van der Waals surface area contributed by atoms with Crippen LogP contribution >= 0.6 is 11.3 Å². The van der Waals surface area contributed by atoms with Crippen molar-refractivity contribution < 1.29 is 0 Å². The Kier molecular flexibility index (Phi) is 3.74. The monoisotopic (exact) mass is 303 g/mol. The molecule has 3 aromatic heterocycles. The van der Waals surface area contributed by atoms with E-state index in [2.05, 4.69) is 20.5 Å². The van der Waals surface area contributed by atoms with E-state index in [0.717, 1.165) is 29.9 Å². The van der Waals surface area contributed by atoms with Gasteiger partial charge in [-0.05, 0) is 36.8 Å². The van der Waals surface area contributed by atoms with Crippen molar-refractivity contribution in [1.29, 1.82) is 0 Å². The van der Waals surface area contributed by atoms with Gasteiger partial charge in [-0.1, -0.05) is 0 Å². The summed E-state index contributed by atoms with van der Waals surface area (Å²) in [5.41, 5.74) is 2.34. The summed E-state index contributed by atoms with van der Waals surface area (Å²) in [4.78, 5) is 17.4. The van der Waals surface area contributed by atoms with E-state index in [-0.39, 0.29) is 5.56 Å². The fourth-order valence-electron chi connectivity index (χ4n) is 2.26. The second-order valence-electron chi connectivity index (χ2n) is 4.99. The lowest BCUT2D eigenvalue weighted by Crippen LogP contribution is -2.22. The lowest BCUT2D eigenvalue weighted by Gasteiger charge is -2.09. The van der Waals surface area contributed by atoms with Crippen LogP contribution in [0.3, 0.4) is 0 Å². The molecule has 3 heterocycles. The van der Waals surface area contributed by atoms with E-state index in [1.54, 1.807) is 11.6 Å². The van der Waals surface area contributed by atoms with E-state index in [1.165, 1.54) is 16.9 Å². The average molecular weight is 303 g/mol. The molecule has 0 atom stereocenters. The molecule has 0 aliphatic rings. The number of hydrogen-bond acceptors (Lipinski definition) is 5. The van der Waals surface area contributed by atoms with Gasteiger partial charge in [-0.25, -0.2) is 4.98 Å². The molecule has 0 saturated heterocycles. The molecule has 0 amide bonds. The molecule has 0 saturated carbocycles. The maximum absolute atomic E-state index is 12.2. The Morgan fingerprint density at radius 3 is 3.10 bits per heavy atom. The lowest BCUT2D eigenvalue weighted by molar-refractivity contribution is 0.804. The third-order valence-electron chi connectivity index (χ3n) is 3.55. The first-order valence-electron chi connectivity index (χ1n) is 6.84. The predicted octanol–water partition coefficient (Wildman–Crippen LogP) is 2.07. The van der Waals surface area contributed by atoms with Gasteiger partial charge in [0.05, 0.1) is 11.6 Å². The third kappa shape index (κ3) is 2.69. The maximum atomic E-state index is 12.2. The lowest BCUT2D eigenvalue weighted by atomic mass is 10.1. The number of aromatic nitrogens is 4. The summed E-state index contributed by atoms with van der Waals surface area (Å²) < 4.78 is 1.57. The number of aromatic amines is 1. The Morgan fingerprint density at radius 2 is 2.33 bits per heavy atom. The van der Waals surface area contributed by atoms with Crippen LogP contribution in [0.4, 0.5) is 5.95 Å². The number of anilines is 1. The molecule has 0 fully saturated rings. The molecule has 0 aliphatic carbocycles. The second kappa shape index (κ2) is 5.69. The molecule has 2 N–H and O–H groups in total. The zero-order valence-corrected chi connectivity index (χ0v) is 12.8. The van der Waals surface area contributed by atoms with Crippen molar-refractivity contribution in [2.24, 2.45) is 7.05 Å². The molecule has 21 heavy (non-hydrogen) atoms. The zero-order valence-electron chi connectivity index (χ0n) is 12.0. The molecule has 0 bridgehead atoms. The summed E-state index contributed by atoms with van der Waals surface area (Å²) in [6, 6.07) is 1.82. The first kappa shape index (κ1) is 13.8. The second-order valence-corrected chi connectivity index (χ2v) is 5.88. The first-order chi connectivity index (χ1) is 10.2. The number of nitrogens with one attached hydrogen (secondary N) is 2. The van der Waals surface area contributed by atoms with Crippen molar-refractivity contribution in [3.63, 3.8) is 0 Å². The van der Waals surface area contributed by atoms with Crippen LogP contribution in [0.5, 0.6) is 0 Å². The van der Waals surface area contributed by atoms with E-state index in [9.17, 15) is 4.79 Å². The molecule has 0 unspecified atom stereocenters. The van der Waals surface area contributed by atoms with Gasteiger partial charge in [-0.3, -0.25) is 14.5 Å². The predicted molar refractivity (Wildman–Crippen MR) is 85.0 cm³/mol. The molecule has 0 radical (unpaired) electrons. The van der Waals surface area contributed by atoms with Gasteiger partial charge < -0.3 is 5.32 Å². The summed E-state index contributed by atoms with van der Waals surface area (Å²) >= 11 is 1.49. The van der Waals surface area contributed by atoms with E-state index in [1.807, 2.05) is 24.6 Å². The zero-order chi connectivity index (χ0) is 14.8. The van der Waals surface area contributed by atoms with Crippen LogP contribution in [0.25, 0.3) is 10.2 Å². The highest BCUT2D eigenvalue weighted by Gasteiger charge is 2.08. The van der Waals surface area contributed by atoms with E-state index in [4.69, 9.17) is 0 Å². The van der Waals surface area contributed by atoms with Crippen molar-refractivity contribution in [1.82, 2.24) is 19.7 Å². The van der Waals surface area contributed by atoms with Crippen molar-refractivity contribution in [3.8, 4) is 0 Å². The topological polar surface area (TPSA) is 75.6 Å². The van der Waals surface area contributed by atoms with Gasteiger partial charge >= 0.3 is 0 Å². The minimum Gasteiger partial charge on any atom is -0.356 e. The van der Waals surface area contributed by atoms with Crippen LogP contribution in [0.1, 0.15) is 17.7 Å². The molecular formula is C14H17N5OS. The van der Waals surface area contributed by atoms with E-state index < -0.39 is 0 Å².